The van der Waals surface area contributed by atoms with Gasteiger partial charge < -0.3 is 9.64 Å². The van der Waals surface area contributed by atoms with E-state index in [-0.39, 0.29) is 17.3 Å². The summed E-state index contributed by atoms with van der Waals surface area (Å²) in [6.07, 6.45) is 6.94. The van der Waals surface area contributed by atoms with Crippen LogP contribution >= 0.6 is 11.3 Å². The molecule has 0 radical (unpaired) electrons. The molecule has 0 unspecified atom stereocenters. The topological polar surface area (TPSA) is 42.4 Å². The van der Waals surface area contributed by atoms with Crippen LogP contribution in [0.5, 0.6) is 5.75 Å². The first-order valence-corrected chi connectivity index (χ1v) is 10.1. The number of hydrogen-bond acceptors (Lipinski definition) is 4. The van der Waals surface area contributed by atoms with Crippen LogP contribution < -0.4 is 9.64 Å². The van der Waals surface area contributed by atoms with Crippen molar-refractivity contribution in [2.24, 2.45) is 0 Å². The number of fused-ring (bicyclic) bond motifs is 1. The number of benzene rings is 2. The quantitative estimate of drug-likeness (QED) is 0.354. The summed E-state index contributed by atoms with van der Waals surface area (Å²) in [5.74, 6) is -0.635. The summed E-state index contributed by atoms with van der Waals surface area (Å²) >= 11 is 1.47. The zero-order valence-electron chi connectivity index (χ0n) is 16.0. The second-order valence-corrected chi connectivity index (χ2v) is 7.29. The highest BCUT2D eigenvalue weighted by Gasteiger charge is 2.19. The summed E-state index contributed by atoms with van der Waals surface area (Å²) in [7, 11) is 1.57. The molecule has 0 saturated heterocycles. The molecule has 0 atom stereocenters. The van der Waals surface area contributed by atoms with E-state index in [1.54, 1.807) is 49.0 Å². The summed E-state index contributed by atoms with van der Waals surface area (Å²) in [5, 5.41) is 0. The van der Waals surface area contributed by atoms with Gasteiger partial charge in [0.2, 0.25) is 0 Å². The third-order valence-electron chi connectivity index (χ3n) is 4.45. The number of amides is 1. The van der Waals surface area contributed by atoms with Crippen molar-refractivity contribution >= 4 is 33.1 Å². The van der Waals surface area contributed by atoms with Crippen molar-refractivity contribution in [2.75, 3.05) is 18.6 Å². The maximum absolute atomic E-state index is 14.9. The molecule has 1 amide bonds. The van der Waals surface area contributed by atoms with Gasteiger partial charge >= 0.3 is 0 Å². The largest absolute Gasteiger partial charge is 0.490 e. The Kier molecular flexibility index (Phi) is 6.76. The van der Waals surface area contributed by atoms with Gasteiger partial charge in [0.05, 0.1) is 28.0 Å². The van der Waals surface area contributed by atoms with E-state index in [0.717, 1.165) is 29.5 Å². The van der Waals surface area contributed by atoms with E-state index in [0.29, 0.717) is 12.2 Å². The number of anilines is 1. The van der Waals surface area contributed by atoms with Crippen LogP contribution in [0, 0.1) is 5.82 Å². The van der Waals surface area contributed by atoms with Gasteiger partial charge in [-0.2, -0.15) is 0 Å². The Hall–Kier alpha value is -2.73. The van der Waals surface area contributed by atoms with Crippen LogP contribution in [0.3, 0.4) is 0 Å². The van der Waals surface area contributed by atoms with Crippen LogP contribution in [0.4, 0.5) is 10.1 Å². The van der Waals surface area contributed by atoms with Crippen LogP contribution in [0.2, 0.25) is 0 Å². The van der Waals surface area contributed by atoms with Crippen molar-refractivity contribution in [3.05, 3.63) is 65.4 Å². The van der Waals surface area contributed by atoms with E-state index in [9.17, 15) is 9.18 Å². The highest BCUT2D eigenvalue weighted by Crippen LogP contribution is 2.29. The van der Waals surface area contributed by atoms with Gasteiger partial charge in [-0.25, -0.2) is 9.37 Å². The first-order valence-electron chi connectivity index (χ1n) is 9.25. The maximum atomic E-state index is 14.9. The molecule has 4 nitrogen and oxygen atoms in total. The van der Waals surface area contributed by atoms with Gasteiger partial charge in [0.1, 0.15) is 0 Å². The maximum Gasteiger partial charge on any atom is 0.258 e. The lowest BCUT2D eigenvalue weighted by Gasteiger charge is -2.19. The van der Waals surface area contributed by atoms with Crippen LogP contribution in [0.15, 0.2) is 54.1 Å². The van der Waals surface area contributed by atoms with Crippen LogP contribution in [-0.4, -0.2) is 24.5 Å². The molecule has 28 heavy (non-hydrogen) atoms. The van der Waals surface area contributed by atoms with Gasteiger partial charge in [0.15, 0.2) is 11.6 Å². The molecule has 146 valence electrons. The highest BCUT2D eigenvalue weighted by atomic mass is 32.1. The number of thiazole rings is 1. The third kappa shape index (κ3) is 4.57. The van der Waals surface area contributed by atoms with Crippen LogP contribution in [-0.2, 0) is 0 Å². The molecule has 0 aliphatic heterocycles. The van der Waals surface area contributed by atoms with Gasteiger partial charge in [-0.15, -0.1) is 11.3 Å². The second kappa shape index (κ2) is 9.46. The molecular formula is C22H23FN2O2S. The van der Waals surface area contributed by atoms with Crippen LogP contribution in [0.1, 0.15) is 36.5 Å². The summed E-state index contributed by atoms with van der Waals surface area (Å²) in [5.41, 5.74) is 3.27. The fraction of sp³-hybridized carbons (Fsp3) is 0.273. The predicted octanol–water partition coefficient (Wildman–Crippen LogP) is 5.84. The van der Waals surface area contributed by atoms with E-state index in [4.69, 9.17) is 4.74 Å². The van der Waals surface area contributed by atoms with E-state index >= 15 is 0 Å². The lowest BCUT2D eigenvalue weighted by molar-refractivity contribution is 0.0992. The van der Waals surface area contributed by atoms with Crippen molar-refractivity contribution < 1.29 is 13.9 Å². The highest BCUT2D eigenvalue weighted by molar-refractivity contribution is 7.16. The minimum Gasteiger partial charge on any atom is -0.490 e. The monoisotopic (exact) mass is 398 g/mol. The molecule has 0 bridgehead atoms. The van der Waals surface area contributed by atoms with Gasteiger partial charge in [0, 0.05) is 12.6 Å². The fourth-order valence-corrected chi connectivity index (χ4v) is 3.59. The zero-order valence-corrected chi connectivity index (χ0v) is 16.8. The van der Waals surface area contributed by atoms with Crippen molar-refractivity contribution in [3.63, 3.8) is 0 Å². The smallest absolute Gasteiger partial charge is 0.258 e. The number of unbranched alkanes of at least 4 members (excludes halogenated alkanes) is 2. The Morgan fingerprint density at radius 1 is 1.29 bits per heavy atom. The van der Waals surface area contributed by atoms with Gasteiger partial charge in [-0.1, -0.05) is 18.2 Å². The number of aromatic nitrogens is 1. The average Bonchev–Trinajstić information content (AvgIpc) is 3.18. The third-order valence-corrected chi connectivity index (χ3v) is 5.24. The van der Waals surface area contributed by atoms with Crippen molar-refractivity contribution in [3.8, 4) is 5.75 Å². The molecule has 1 heterocycles. The molecule has 0 fully saturated rings. The van der Waals surface area contributed by atoms with E-state index in [1.165, 1.54) is 16.2 Å². The number of carbonyl (C=O) groups excluding carboxylic acids is 1. The average molecular weight is 399 g/mol. The molecule has 3 rings (SSSR count). The van der Waals surface area contributed by atoms with Crippen molar-refractivity contribution in [2.45, 2.75) is 26.2 Å². The van der Waals surface area contributed by atoms with Gasteiger partial charge in [-0.05, 0) is 56.5 Å². The number of allylic oxidation sites excluding steroid dienone is 2. The summed E-state index contributed by atoms with van der Waals surface area (Å²) < 4.78 is 21.4. The van der Waals surface area contributed by atoms with Gasteiger partial charge in [-0.3, -0.25) is 4.79 Å². The predicted molar refractivity (Wildman–Crippen MR) is 113 cm³/mol. The Morgan fingerprint density at radius 2 is 2.14 bits per heavy atom. The molecular weight excluding hydrogens is 375 g/mol. The Morgan fingerprint density at radius 3 is 2.96 bits per heavy atom. The summed E-state index contributed by atoms with van der Waals surface area (Å²) in [4.78, 5) is 18.4. The number of hydrogen-bond donors (Lipinski definition) is 0. The molecule has 0 spiro atoms. The molecule has 2 aromatic carbocycles. The van der Waals surface area contributed by atoms with Crippen LogP contribution in [0.25, 0.3) is 10.2 Å². The normalized spacial score (nSPS) is 11.2. The molecule has 1 aromatic heterocycles. The molecule has 0 aliphatic rings. The molecule has 6 heteroatoms. The molecule has 0 aliphatic carbocycles. The van der Waals surface area contributed by atoms with E-state index in [1.807, 2.05) is 13.0 Å². The Balaban J connectivity index is 1.70. The second-order valence-electron chi connectivity index (χ2n) is 6.40. The molecule has 0 saturated carbocycles. The van der Waals surface area contributed by atoms with Gasteiger partial charge in [0.25, 0.3) is 5.91 Å². The Labute approximate surface area is 168 Å². The van der Waals surface area contributed by atoms with Crippen molar-refractivity contribution in [1.29, 1.82) is 0 Å². The SMILES string of the molecule is CC=CCCCCOc1cccc(N(C)C(=O)c2ccc3ncsc3c2)c1F. The number of carbonyl (C=O) groups is 1. The first-order chi connectivity index (χ1) is 13.6. The van der Waals surface area contributed by atoms with E-state index in [2.05, 4.69) is 11.1 Å². The number of ether oxygens (including phenoxy) is 1. The zero-order chi connectivity index (χ0) is 19.9. The lowest BCUT2D eigenvalue weighted by Crippen LogP contribution is -2.27. The van der Waals surface area contributed by atoms with E-state index < -0.39 is 5.82 Å². The summed E-state index contributed by atoms with van der Waals surface area (Å²) in [6, 6.07) is 10.2. The fourth-order valence-electron chi connectivity index (χ4n) is 2.87. The molecule has 3 aromatic rings. The minimum absolute atomic E-state index is 0.168. The number of halogens is 1. The number of nitrogens with zero attached hydrogens (tertiary/aromatic N) is 2. The number of rotatable bonds is 8. The Bertz CT molecular complexity index is 984. The standard InChI is InChI=1S/C22H23FN2O2S/c1-3-4-5-6-7-13-27-19-10-8-9-18(21(19)23)25(2)22(26)16-11-12-17-20(14-16)28-15-24-17/h3-4,8-12,14-15H,5-7,13H2,1-2H3. The molecule has 0 N–H and O–H groups in total. The van der Waals surface area contributed by atoms with Crippen molar-refractivity contribution in [1.82, 2.24) is 4.98 Å². The first kappa shape index (κ1) is 20.0. The minimum atomic E-state index is -0.523. The summed E-state index contributed by atoms with van der Waals surface area (Å²) in [6.45, 7) is 2.43. The lowest BCUT2D eigenvalue weighted by atomic mass is 10.1.